The molecule has 3 aliphatic rings. The van der Waals surface area contributed by atoms with Gasteiger partial charge in [0.2, 0.25) is 5.91 Å². The van der Waals surface area contributed by atoms with Crippen LogP contribution in [0.2, 0.25) is 0 Å². The molecule has 160 valence electrons. The number of amides is 1. The largest absolute Gasteiger partial charge is 0.389 e. The fourth-order valence-electron chi connectivity index (χ4n) is 4.77. The van der Waals surface area contributed by atoms with Crippen molar-refractivity contribution in [1.29, 1.82) is 0 Å². The van der Waals surface area contributed by atoms with E-state index in [9.17, 15) is 9.90 Å². The Morgan fingerprint density at radius 2 is 1.86 bits per heavy atom. The minimum Gasteiger partial charge on any atom is -0.389 e. The normalized spacial score (nSPS) is 31.7. The molecule has 3 aliphatic heterocycles. The minimum atomic E-state index is -0.449. The number of piperazine rings is 1. The Labute approximate surface area is 173 Å². The fraction of sp³-hybridized carbons (Fsp3) is 0.682. The second kappa shape index (κ2) is 9.43. The lowest BCUT2D eigenvalue weighted by atomic mass is 9.95. The molecule has 0 spiro atoms. The van der Waals surface area contributed by atoms with Crippen molar-refractivity contribution in [3.05, 3.63) is 30.3 Å². The maximum absolute atomic E-state index is 12.9. The molecule has 3 fully saturated rings. The van der Waals surface area contributed by atoms with E-state index in [1.54, 1.807) is 0 Å². The summed E-state index contributed by atoms with van der Waals surface area (Å²) in [6, 6.07) is 10.6. The molecule has 3 saturated heterocycles. The summed E-state index contributed by atoms with van der Waals surface area (Å²) < 4.78 is 11.9. The summed E-state index contributed by atoms with van der Waals surface area (Å²) in [5.41, 5.74) is 1.22. The zero-order chi connectivity index (χ0) is 20.2. The standard InChI is InChI=1S/C22H33N3O4/c1-23-14-18(26)15-28-16-21-20(23)8-7-19(29-21)13-22(27)25-11-9-24(10-12-25)17-5-3-2-4-6-17/h2-6,18-21,26H,7-16H2,1H3/t18-,19-,20-,21+/m0/s1. The maximum atomic E-state index is 12.9. The van der Waals surface area contributed by atoms with E-state index in [2.05, 4.69) is 34.1 Å². The lowest BCUT2D eigenvalue weighted by molar-refractivity contribution is -0.157. The van der Waals surface area contributed by atoms with Gasteiger partial charge in [0.15, 0.2) is 0 Å². The Balaban J connectivity index is 1.26. The Morgan fingerprint density at radius 3 is 2.62 bits per heavy atom. The Morgan fingerprint density at radius 1 is 1.10 bits per heavy atom. The van der Waals surface area contributed by atoms with Crippen LogP contribution in [0.3, 0.4) is 0 Å². The van der Waals surface area contributed by atoms with E-state index < -0.39 is 6.10 Å². The summed E-state index contributed by atoms with van der Waals surface area (Å²) in [5, 5.41) is 9.92. The number of anilines is 1. The van der Waals surface area contributed by atoms with Crippen LogP contribution in [0.15, 0.2) is 30.3 Å². The Bertz CT molecular complexity index is 665. The molecule has 1 aromatic carbocycles. The number of fused-ring (bicyclic) bond motifs is 1. The molecule has 0 radical (unpaired) electrons. The number of aliphatic hydroxyl groups excluding tert-OH is 1. The third-order valence-electron chi connectivity index (χ3n) is 6.39. The average Bonchev–Trinajstić information content (AvgIpc) is 2.73. The maximum Gasteiger partial charge on any atom is 0.225 e. The van der Waals surface area contributed by atoms with Crippen LogP contribution in [0.4, 0.5) is 5.69 Å². The van der Waals surface area contributed by atoms with Gasteiger partial charge in [-0.25, -0.2) is 0 Å². The second-order valence-corrected chi connectivity index (χ2v) is 8.48. The summed E-state index contributed by atoms with van der Waals surface area (Å²) in [6.07, 6.45) is 1.76. The third-order valence-corrected chi connectivity index (χ3v) is 6.39. The number of hydrogen-bond acceptors (Lipinski definition) is 6. The lowest BCUT2D eigenvalue weighted by Gasteiger charge is -2.43. The van der Waals surface area contributed by atoms with Gasteiger partial charge in [-0.1, -0.05) is 18.2 Å². The van der Waals surface area contributed by atoms with Crippen LogP contribution in [0.5, 0.6) is 0 Å². The van der Waals surface area contributed by atoms with Crippen LogP contribution in [0, 0.1) is 0 Å². The van der Waals surface area contributed by atoms with E-state index in [1.165, 1.54) is 5.69 Å². The van der Waals surface area contributed by atoms with Gasteiger partial charge in [0, 0.05) is 44.5 Å². The molecule has 0 unspecified atom stereocenters. The highest BCUT2D eigenvalue weighted by molar-refractivity contribution is 5.77. The van der Waals surface area contributed by atoms with E-state index in [-0.39, 0.29) is 24.2 Å². The predicted octanol–water partition coefficient (Wildman–Crippen LogP) is 0.964. The number of aliphatic hydroxyl groups is 1. The number of likely N-dealkylation sites (N-methyl/N-ethyl adjacent to an activating group) is 1. The van der Waals surface area contributed by atoms with Crippen molar-refractivity contribution >= 4 is 11.6 Å². The van der Waals surface area contributed by atoms with Crippen molar-refractivity contribution in [3.63, 3.8) is 0 Å². The van der Waals surface area contributed by atoms with Gasteiger partial charge in [-0.2, -0.15) is 0 Å². The van der Waals surface area contributed by atoms with Crippen LogP contribution in [0.1, 0.15) is 19.3 Å². The van der Waals surface area contributed by atoms with Crippen molar-refractivity contribution in [2.45, 2.75) is 43.6 Å². The number of carbonyl (C=O) groups is 1. The van der Waals surface area contributed by atoms with Crippen LogP contribution in [-0.2, 0) is 14.3 Å². The molecular weight excluding hydrogens is 370 g/mol. The smallest absolute Gasteiger partial charge is 0.225 e. The molecule has 0 bridgehead atoms. The van der Waals surface area contributed by atoms with Gasteiger partial charge in [0.25, 0.3) is 0 Å². The van der Waals surface area contributed by atoms with E-state index in [0.717, 1.165) is 39.0 Å². The first-order valence-corrected chi connectivity index (χ1v) is 10.8. The number of β-amino-alcohol motifs (C(OH)–C–C–N with tert-alkyl or cyclic N) is 1. The topological polar surface area (TPSA) is 65.5 Å². The highest BCUT2D eigenvalue weighted by atomic mass is 16.5. The Hall–Kier alpha value is -1.67. The van der Waals surface area contributed by atoms with E-state index >= 15 is 0 Å². The highest BCUT2D eigenvalue weighted by Gasteiger charge is 2.37. The Kier molecular flexibility index (Phi) is 6.70. The van der Waals surface area contributed by atoms with E-state index in [0.29, 0.717) is 26.2 Å². The van der Waals surface area contributed by atoms with Gasteiger partial charge in [0.05, 0.1) is 37.9 Å². The molecule has 3 heterocycles. The molecule has 4 atom stereocenters. The fourth-order valence-corrected chi connectivity index (χ4v) is 4.77. The summed E-state index contributed by atoms with van der Waals surface area (Å²) in [6.45, 7) is 4.67. The zero-order valence-corrected chi connectivity index (χ0v) is 17.3. The highest BCUT2D eigenvalue weighted by Crippen LogP contribution is 2.27. The molecule has 1 N–H and O–H groups in total. The van der Waals surface area contributed by atoms with Gasteiger partial charge in [-0.3, -0.25) is 9.69 Å². The zero-order valence-electron chi connectivity index (χ0n) is 17.3. The summed E-state index contributed by atoms with van der Waals surface area (Å²) >= 11 is 0. The van der Waals surface area contributed by atoms with Gasteiger partial charge < -0.3 is 24.4 Å². The first kappa shape index (κ1) is 20.6. The average molecular weight is 404 g/mol. The quantitative estimate of drug-likeness (QED) is 0.811. The number of ether oxygens (including phenoxy) is 2. The van der Waals surface area contributed by atoms with Gasteiger partial charge >= 0.3 is 0 Å². The molecule has 7 nitrogen and oxygen atoms in total. The number of benzene rings is 1. The molecule has 29 heavy (non-hydrogen) atoms. The molecule has 7 heteroatoms. The van der Waals surface area contributed by atoms with Crippen molar-refractivity contribution in [3.8, 4) is 0 Å². The van der Waals surface area contributed by atoms with Crippen molar-refractivity contribution in [1.82, 2.24) is 9.80 Å². The monoisotopic (exact) mass is 403 g/mol. The molecule has 1 aromatic rings. The first-order chi connectivity index (χ1) is 14.1. The van der Waals surface area contributed by atoms with E-state index in [4.69, 9.17) is 9.47 Å². The number of hydrogen-bond donors (Lipinski definition) is 1. The molecule has 4 rings (SSSR count). The van der Waals surface area contributed by atoms with Gasteiger partial charge in [0.1, 0.15) is 0 Å². The van der Waals surface area contributed by atoms with Gasteiger partial charge in [-0.15, -0.1) is 0 Å². The number of para-hydroxylation sites is 1. The van der Waals surface area contributed by atoms with Crippen molar-refractivity contribution < 1.29 is 19.4 Å². The first-order valence-electron chi connectivity index (χ1n) is 10.8. The molecule has 0 saturated carbocycles. The second-order valence-electron chi connectivity index (χ2n) is 8.48. The van der Waals surface area contributed by atoms with Crippen LogP contribution in [-0.4, -0.2) is 98.2 Å². The summed E-state index contributed by atoms with van der Waals surface area (Å²) in [4.78, 5) is 19.3. The molecule has 0 aliphatic carbocycles. The molecule has 1 amide bonds. The van der Waals surface area contributed by atoms with E-state index in [1.807, 2.05) is 18.0 Å². The third kappa shape index (κ3) is 5.09. The lowest BCUT2D eigenvalue weighted by Crippen LogP contribution is -2.55. The van der Waals surface area contributed by atoms with Gasteiger partial charge in [-0.05, 0) is 32.0 Å². The van der Waals surface area contributed by atoms with Crippen molar-refractivity contribution in [2.75, 3.05) is 57.9 Å². The number of carbonyl (C=O) groups excluding carboxylic acids is 1. The van der Waals surface area contributed by atoms with Crippen LogP contribution < -0.4 is 4.90 Å². The molecule has 0 aromatic heterocycles. The van der Waals surface area contributed by atoms with Crippen LogP contribution in [0.25, 0.3) is 0 Å². The van der Waals surface area contributed by atoms with Crippen LogP contribution >= 0.6 is 0 Å². The summed E-state index contributed by atoms with van der Waals surface area (Å²) in [5.74, 6) is 0.191. The molecular formula is C22H33N3O4. The number of rotatable bonds is 3. The summed E-state index contributed by atoms with van der Waals surface area (Å²) in [7, 11) is 2.03. The SMILES string of the molecule is CN1C[C@H](O)COC[C@H]2O[C@H](CC(=O)N3CCN(c4ccccc4)CC3)CC[C@@H]21. The van der Waals surface area contributed by atoms with Crippen molar-refractivity contribution in [2.24, 2.45) is 0 Å². The minimum absolute atomic E-state index is 0.0334. The predicted molar refractivity (Wildman–Crippen MR) is 111 cm³/mol. The number of nitrogens with zero attached hydrogens (tertiary/aromatic N) is 3.